The molecule has 0 unspecified atom stereocenters. The van der Waals surface area contributed by atoms with E-state index in [2.05, 4.69) is 44.1 Å². The molecule has 1 aliphatic carbocycles. The van der Waals surface area contributed by atoms with E-state index in [0.717, 1.165) is 40.8 Å². The summed E-state index contributed by atoms with van der Waals surface area (Å²) in [5.74, 6) is 3.29. The highest BCUT2D eigenvalue weighted by molar-refractivity contribution is 5.69. The molecular weight excluding hydrogens is 407 g/mol. The van der Waals surface area contributed by atoms with Crippen LogP contribution in [0.4, 0.5) is 10.2 Å². The first-order valence-electron chi connectivity index (χ1n) is 10.4. The van der Waals surface area contributed by atoms with Gasteiger partial charge < -0.3 is 4.90 Å². The number of benzene rings is 1. The summed E-state index contributed by atoms with van der Waals surface area (Å²) in [6, 6.07) is 6.23. The first-order valence-corrected chi connectivity index (χ1v) is 10.4. The summed E-state index contributed by atoms with van der Waals surface area (Å²) in [5.41, 5.74) is 2.68. The number of rotatable bonds is 4. The van der Waals surface area contributed by atoms with Crippen molar-refractivity contribution in [2.24, 2.45) is 0 Å². The van der Waals surface area contributed by atoms with E-state index < -0.39 is 0 Å². The van der Waals surface area contributed by atoms with Crippen molar-refractivity contribution < 1.29 is 4.39 Å². The number of fused-ring (bicyclic) bond motifs is 3. The lowest BCUT2D eigenvalue weighted by Crippen LogP contribution is -2.36. The van der Waals surface area contributed by atoms with E-state index in [1.165, 1.54) is 12.1 Å². The smallest absolute Gasteiger partial charge is 0.237 e. The van der Waals surface area contributed by atoms with E-state index in [1.807, 2.05) is 28.3 Å². The van der Waals surface area contributed by atoms with Crippen molar-refractivity contribution in [1.29, 1.82) is 0 Å². The lowest BCUT2D eigenvalue weighted by molar-refractivity contribution is 0.572. The van der Waals surface area contributed by atoms with Crippen LogP contribution in [0, 0.1) is 12.7 Å². The standard InChI is InChI=1S/C23H19FN8/c1-3-18-22-29-28-14(2)31(22)19-13-26-23(27-21(19)32(18)17-5-4-6-17)30-12-11-25-20(30)15-7-9-16(24)10-8-15/h4-13,18H,3H2,1-2H3/t18-/m1/s1. The van der Waals surface area contributed by atoms with E-state index in [1.54, 1.807) is 24.5 Å². The highest BCUT2D eigenvalue weighted by Gasteiger charge is 2.37. The van der Waals surface area contributed by atoms with Gasteiger partial charge in [-0.15, -0.1) is 10.2 Å². The molecule has 0 spiro atoms. The van der Waals surface area contributed by atoms with Crippen LogP contribution in [0.5, 0.6) is 0 Å². The van der Waals surface area contributed by atoms with Crippen LogP contribution in [0.1, 0.15) is 31.0 Å². The Labute approximate surface area is 183 Å². The number of halogens is 1. The van der Waals surface area contributed by atoms with Gasteiger partial charge in [-0.2, -0.15) is 4.98 Å². The minimum Gasteiger partial charge on any atom is -0.314 e. The third kappa shape index (κ3) is 2.64. The van der Waals surface area contributed by atoms with Crippen LogP contribution in [0.3, 0.4) is 0 Å². The monoisotopic (exact) mass is 426 g/mol. The number of allylic oxidation sites excluding steroid dienone is 3. The number of imidazole rings is 1. The van der Waals surface area contributed by atoms with Crippen molar-refractivity contribution in [2.75, 3.05) is 4.90 Å². The second kappa shape index (κ2) is 6.94. The first-order chi connectivity index (χ1) is 15.7. The third-order valence-corrected chi connectivity index (χ3v) is 5.82. The van der Waals surface area contributed by atoms with Crippen molar-refractivity contribution in [2.45, 2.75) is 26.3 Å². The Morgan fingerprint density at radius 2 is 1.91 bits per heavy atom. The van der Waals surface area contributed by atoms with Gasteiger partial charge in [0, 0.05) is 23.7 Å². The lowest BCUT2D eigenvalue weighted by Gasteiger charge is -2.38. The fourth-order valence-corrected chi connectivity index (χ4v) is 4.25. The molecule has 0 saturated heterocycles. The molecule has 0 bridgehead atoms. The SMILES string of the molecule is CC[C@@H]1c2nnc(C)n2-c2cnc(-n3ccnc3-c3ccc(F)cc3)nc2N1C1=CC=C1. The zero-order chi connectivity index (χ0) is 21.8. The van der Waals surface area contributed by atoms with E-state index in [9.17, 15) is 4.39 Å². The van der Waals surface area contributed by atoms with Crippen LogP contribution in [-0.4, -0.2) is 34.3 Å². The van der Waals surface area contributed by atoms with Crippen molar-refractivity contribution in [3.63, 3.8) is 0 Å². The van der Waals surface area contributed by atoms with Gasteiger partial charge in [-0.05, 0) is 49.8 Å². The summed E-state index contributed by atoms with van der Waals surface area (Å²) in [7, 11) is 0. The van der Waals surface area contributed by atoms with Crippen molar-refractivity contribution in [1.82, 2.24) is 34.3 Å². The van der Waals surface area contributed by atoms with Gasteiger partial charge >= 0.3 is 0 Å². The molecular formula is C23H19FN8. The Morgan fingerprint density at radius 1 is 1.09 bits per heavy atom. The summed E-state index contributed by atoms with van der Waals surface area (Å²) in [6.45, 7) is 4.06. The molecule has 8 nitrogen and oxygen atoms in total. The number of nitrogens with zero attached hydrogens (tertiary/aromatic N) is 8. The molecule has 4 aromatic rings. The molecule has 0 saturated carbocycles. The molecule has 6 rings (SSSR count). The Balaban J connectivity index is 1.53. The number of anilines is 1. The predicted molar refractivity (Wildman–Crippen MR) is 117 cm³/mol. The summed E-state index contributed by atoms with van der Waals surface area (Å²) in [4.78, 5) is 16.3. The van der Waals surface area contributed by atoms with Crippen molar-refractivity contribution in [3.05, 3.63) is 84.2 Å². The first kappa shape index (κ1) is 18.6. The molecule has 9 heteroatoms. The highest BCUT2D eigenvalue weighted by atomic mass is 19.1. The summed E-state index contributed by atoms with van der Waals surface area (Å²) >= 11 is 0. The second-order valence-corrected chi connectivity index (χ2v) is 7.69. The summed E-state index contributed by atoms with van der Waals surface area (Å²) < 4.78 is 17.3. The van der Waals surface area contributed by atoms with Crippen LogP contribution in [0.2, 0.25) is 0 Å². The van der Waals surface area contributed by atoms with Crippen LogP contribution >= 0.6 is 0 Å². The fraction of sp³-hybridized carbons (Fsp3) is 0.174. The lowest BCUT2D eigenvalue weighted by atomic mass is 10.0. The van der Waals surface area contributed by atoms with Gasteiger partial charge in [0.05, 0.1) is 12.2 Å². The molecule has 0 radical (unpaired) electrons. The molecule has 1 aromatic carbocycles. The average molecular weight is 426 g/mol. The van der Waals surface area contributed by atoms with Gasteiger partial charge in [0.15, 0.2) is 11.6 Å². The van der Waals surface area contributed by atoms with Crippen LogP contribution in [0.25, 0.3) is 23.0 Å². The molecule has 4 heterocycles. The number of aryl methyl sites for hydroxylation is 1. The second-order valence-electron chi connectivity index (χ2n) is 7.69. The summed E-state index contributed by atoms with van der Waals surface area (Å²) in [6.07, 6.45) is 12.3. The number of hydrogen-bond donors (Lipinski definition) is 0. The number of aromatic nitrogens is 7. The minimum atomic E-state index is -0.292. The molecule has 2 aliphatic rings. The minimum absolute atomic E-state index is 0.00186. The third-order valence-electron chi connectivity index (χ3n) is 5.82. The Bertz CT molecular complexity index is 1400. The van der Waals surface area contributed by atoms with Crippen molar-refractivity contribution >= 4 is 5.82 Å². The maximum absolute atomic E-state index is 13.4. The molecule has 1 atom stereocenters. The Hall–Kier alpha value is -4.14. The van der Waals surface area contributed by atoms with Gasteiger partial charge in [0.1, 0.15) is 23.2 Å². The van der Waals surface area contributed by atoms with E-state index >= 15 is 0 Å². The molecule has 32 heavy (non-hydrogen) atoms. The Morgan fingerprint density at radius 3 is 2.62 bits per heavy atom. The quantitative estimate of drug-likeness (QED) is 0.489. The maximum atomic E-state index is 13.4. The van der Waals surface area contributed by atoms with Crippen LogP contribution < -0.4 is 4.90 Å². The molecule has 158 valence electrons. The van der Waals surface area contributed by atoms with Crippen LogP contribution in [-0.2, 0) is 0 Å². The van der Waals surface area contributed by atoms with Gasteiger partial charge in [0.2, 0.25) is 5.95 Å². The van der Waals surface area contributed by atoms with E-state index in [0.29, 0.717) is 11.8 Å². The van der Waals surface area contributed by atoms with Gasteiger partial charge in [-0.1, -0.05) is 13.0 Å². The average Bonchev–Trinajstić information content (AvgIpc) is 3.40. The molecule has 0 fully saturated rings. The normalized spacial score (nSPS) is 16.4. The van der Waals surface area contributed by atoms with E-state index in [-0.39, 0.29) is 11.9 Å². The highest BCUT2D eigenvalue weighted by Crippen LogP contribution is 2.42. The zero-order valence-electron chi connectivity index (χ0n) is 17.5. The van der Waals surface area contributed by atoms with E-state index in [4.69, 9.17) is 4.98 Å². The largest absolute Gasteiger partial charge is 0.314 e. The molecule has 3 aromatic heterocycles. The van der Waals surface area contributed by atoms with Gasteiger partial charge in [0.25, 0.3) is 0 Å². The van der Waals surface area contributed by atoms with Gasteiger partial charge in [-0.3, -0.25) is 9.13 Å². The zero-order valence-corrected chi connectivity index (χ0v) is 17.5. The maximum Gasteiger partial charge on any atom is 0.237 e. The number of hydrogen-bond acceptors (Lipinski definition) is 6. The van der Waals surface area contributed by atoms with Crippen LogP contribution in [0.15, 0.2) is 66.8 Å². The van der Waals surface area contributed by atoms with Gasteiger partial charge in [-0.25, -0.2) is 14.4 Å². The predicted octanol–water partition coefficient (Wildman–Crippen LogP) is 4.08. The Kier molecular flexibility index (Phi) is 4.04. The van der Waals surface area contributed by atoms with Crippen molar-refractivity contribution in [3.8, 4) is 23.0 Å². The topological polar surface area (TPSA) is 77.5 Å². The molecule has 0 amide bonds. The molecule has 1 aliphatic heterocycles. The summed E-state index contributed by atoms with van der Waals surface area (Å²) in [5, 5.41) is 8.76. The molecule has 0 N–H and O–H groups in total. The fourth-order valence-electron chi connectivity index (χ4n) is 4.25.